The number of nitrogens with zero attached hydrogens (tertiary/aromatic N) is 1. The number of carbonyl (C=O) groups excluding carboxylic acids is 2. The van der Waals surface area contributed by atoms with Crippen LogP contribution in [0.1, 0.15) is 24.2 Å². The Kier molecular flexibility index (Phi) is 4.57. The largest absolute Gasteiger partial charge is 0.390 e. The lowest BCUT2D eigenvalue weighted by Gasteiger charge is -2.21. The summed E-state index contributed by atoms with van der Waals surface area (Å²) < 4.78 is 0.602. The van der Waals surface area contributed by atoms with Crippen molar-refractivity contribution in [3.8, 4) is 0 Å². The minimum absolute atomic E-state index is 0.105. The number of benzene rings is 1. The number of β-amino-alcohol motifs (C(OH)–C–C–N with tert-alkyl or cyclic N) is 1. The van der Waals surface area contributed by atoms with E-state index in [9.17, 15) is 14.7 Å². The van der Waals surface area contributed by atoms with E-state index in [1.807, 2.05) is 13.8 Å². The van der Waals surface area contributed by atoms with Crippen molar-refractivity contribution in [3.05, 3.63) is 28.2 Å². The Bertz CT molecular complexity index is 545. The molecular weight excluding hydrogens is 324 g/mol. The molecule has 0 aliphatic carbocycles. The Morgan fingerprint density at radius 2 is 2.05 bits per heavy atom. The van der Waals surface area contributed by atoms with E-state index in [1.165, 1.54) is 4.90 Å². The maximum Gasteiger partial charge on any atom is 0.299 e. The average Bonchev–Trinajstić information content (AvgIpc) is 2.63. The molecule has 20 heavy (non-hydrogen) atoms. The quantitative estimate of drug-likeness (QED) is 0.793. The summed E-state index contributed by atoms with van der Waals surface area (Å²) in [6.07, 6.45) is -0.723. The molecule has 1 heterocycles. The zero-order chi connectivity index (χ0) is 14.9. The van der Waals surface area contributed by atoms with Crippen LogP contribution in [-0.2, 0) is 4.79 Å². The smallest absolute Gasteiger partial charge is 0.299 e. The lowest BCUT2D eigenvalue weighted by molar-refractivity contribution is -0.114. The Hall–Kier alpha value is -1.24. The van der Waals surface area contributed by atoms with Gasteiger partial charge in [-0.15, -0.1) is 0 Å². The predicted molar refractivity (Wildman–Crippen MR) is 80.0 cm³/mol. The van der Waals surface area contributed by atoms with E-state index in [2.05, 4.69) is 21.2 Å². The van der Waals surface area contributed by atoms with Crippen molar-refractivity contribution in [2.75, 3.05) is 18.0 Å². The SMILES string of the molecule is CC(C)NCC(O)CN1C(=O)C(=O)c2c(Br)cccc21. The maximum absolute atomic E-state index is 12.0. The van der Waals surface area contributed by atoms with Gasteiger partial charge in [0.15, 0.2) is 0 Å². The molecule has 1 aliphatic rings. The number of hydrogen-bond acceptors (Lipinski definition) is 4. The van der Waals surface area contributed by atoms with Crippen LogP contribution in [0.2, 0.25) is 0 Å². The lowest BCUT2D eigenvalue weighted by Crippen LogP contribution is -2.42. The van der Waals surface area contributed by atoms with E-state index in [0.717, 1.165) is 0 Å². The zero-order valence-corrected chi connectivity index (χ0v) is 13.0. The Morgan fingerprint density at radius 1 is 1.35 bits per heavy atom. The van der Waals surface area contributed by atoms with Crippen molar-refractivity contribution < 1.29 is 14.7 Å². The third-order valence-electron chi connectivity index (χ3n) is 3.10. The fourth-order valence-corrected chi connectivity index (χ4v) is 2.67. The number of ketones is 1. The summed E-state index contributed by atoms with van der Waals surface area (Å²) in [5.41, 5.74) is 0.930. The summed E-state index contributed by atoms with van der Waals surface area (Å²) in [5.74, 6) is -1.12. The Labute approximate surface area is 126 Å². The van der Waals surface area contributed by atoms with E-state index in [1.54, 1.807) is 18.2 Å². The molecule has 1 aliphatic heterocycles. The highest BCUT2D eigenvalue weighted by atomic mass is 79.9. The van der Waals surface area contributed by atoms with Gasteiger partial charge in [0.25, 0.3) is 11.7 Å². The molecule has 108 valence electrons. The molecule has 2 rings (SSSR count). The van der Waals surface area contributed by atoms with Crippen LogP contribution in [0.4, 0.5) is 5.69 Å². The summed E-state index contributed by atoms with van der Waals surface area (Å²) >= 11 is 3.28. The van der Waals surface area contributed by atoms with Crippen LogP contribution in [0, 0.1) is 0 Å². The van der Waals surface area contributed by atoms with E-state index >= 15 is 0 Å². The predicted octanol–water partition coefficient (Wildman–Crippen LogP) is 1.34. The van der Waals surface area contributed by atoms with Gasteiger partial charge < -0.3 is 15.3 Å². The molecule has 2 N–H and O–H groups in total. The first-order valence-electron chi connectivity index (χ1n) is 6.48. The number of anilines is 1. The van der Waals surface area contributed by atoms with Gasteiger partial charge in [0.2, 0.25) is 0 Å². The third kappa shape index (κ3) is 2.92. The number of aliphatic hydroxyl groups is 1. The van der Waals surface area contributed by atoms with Crippen LogP contribution >= 0.6 is 15.9 Å². The van der Waals surface area contributed by atoms with Crippen molar-refractivity contribution in [1.29, 1.82) is 0 Å². The summed E-state index contributed by atoms with van der Waals surface area (Å²) in [6.45, 7) is 4.43. The van der Waals surface area contributed by atoms with Crippen molar-refractivity contribution in [2.45, 2.75) is 26.0 Å². The van der Waals surface area contributed by atoms with Crippen LogP contribution in [0.3, 0.4) is 0 Å². The molecule has 6 heteroatoms. The molecule has 0 fully saturated rings. The van der Waals surface area contributed by atoms with Crippen molar-refractivity contribution in [1.82, 2.24) is 5.32 Å². The molecule has 0 aromatic heterocycles. The van der Waals surface area contributed by atoms with Crippen LogP contribution < -0.4 is 10.2 Å². The Morgan fingerprint density at radius 3 is 2.70 bits per heavy atom. The highest BCUT2D eigenvalue weighted by Gasteiger charge is 2.37. The van der Waals surface area contributed by atoms with Gasteiger partial charge in [0, 0.05) is 17.1 Å². The molecule has 1 unspecified atom stereocenters. The number of hydrogen-bond donors (Lipinski definition) is 2. The fraction of sp³-hybridized carbons (Fsp3) is 0.429. The first kappa shape index (κ1) is 15.2. The van der Waals surface area contributed by atoms with E-state index in [-0.39, 0.29) is 12.6 Å². The van der Waals surface area contributed by atoms with Gasteiger partial charge in [-0.25, -0.2) is 0 Å². The van der Waals surface area contributed by atoms with Gasteiger partial charge in [-0.05, 0) is 28.1 Å². The fourth-order valence-electron chi connectivity index (χ4n) is 2.13. The topological polar surface area (TPSA) is 69.6 Å². The second-order valence-electron chi connectivity index (χ2n) is 5.10. The molecule has 0 radical (unpaired) electrons. The molecular formula is C14H17BrN2O3. The van der Waals surface area contributed by atoms with Gasteiger partial charge in [0.05, 0.1) is 23.9 Å². The minimum Gasteiger partial charge on any atom is -0.390 e. The number of nitrogens with one attached hydrogen (secondary N) is 1. The molecule has 1 aromatic carbocycles. The summed E-state index contributed by atoms with van der Waals surface area (Å²) in [5, 5.41) is 13.1. The third-order valence-corrected chi connectivity index (χ3v) is 3.76. The minimum atomic E-state index is -0.723. The summed E-state index contributed by atoms with van der Waals surface area (Å²) in [6, 6.07) is 5.46. The normalized spacial score (nSPS) is 15.9. The first-order valence-corrected chi connectivity index (χ1v) is 7.27. The molecule has 0 saturated carbocycles. The van der Waals surface area contributed by atoms with Crippen molar-refractivity contribution in [3.63, 3.8) is 0 Å². The molecule has 0 spiro atoms. The van der Waals surface area contributed by atoms with E-state index in [0.29, 0.717) is 22.3 Å². The van der Waals surface area contributed by atoms with Gasteiger partial charge in [-0.2, -0.15) is 0 Å². The van der Waals surface area contributed by atoms with Gasteiger partial charge in [0.1, 0.15) is 0 Å². The number of rotatable bonds is 5. The number of Topliss-reactive ketones (excluding diaryl/α,β-unsaturated/α-hetero) is 1. The monoisotopic (exact) mass is 340 g/mol. The number of carbonyl (C=O) groups is 2. The molecule has 5 nitrogen and oxygen atoms in total. The highest BCUT2D eigenvalue weighted by molar-refractivity contribution is 9.10. The second-order valence-corrected chi connectivity index (χ2v) is 5.95. The van der Waals surface area contributed by atoms with E-state index in [4.69, 9.17) is 0 Å². The van der Waals surface area contributed by atoms with E-state index < -0.39 is 17.8 Å². The van der Waals surface area contributed by atoms with Crippen LogP contribution in [0.5, 0.6) is 0 Å². The molecule has 1 atom stereocenters. The van der Waals surface area contributed by atoms with Crippen molar-refractivity contribution >= 4 is 33.3 Å². The molecule has 0 bridgehead atoms. The van der Waals surface area contributed by atoms with Gasteiger partial charge in [-0.1, -0.05) is 19.9 Å². The number of amides is 1. The van der Waals surface area contributed by atoms with Crippen LogP contribution in [0.15, 0.2) is 22.7 Å². The molecule has 1 amide bonds. The van der Waals surface area contributed by atoms with Crippen LogP contribution in [-0.4, -0.2) is 42.0 Å². The second kappa shape index (κ2) is 6.03. The first-order chi connectivity index (χ1) is 9.41. The number of halogens is 1. The zero-order valence-electron chi connectivity index (χ0n) is 11.4. The van der Waals surface area contributed by atoms with Gasteiger partial charge in [-0.3, -0.25) is 9.59 Å². The van der Waals surface area contributed by atoms with Crippen LogP contribution in [0.25, 0.3) is 0 Å². The number of fused-ring (bicyclic) bond motifs is 1. The Balaban J connectivity index is 2.16. The lowest BCUT2D eigenvalue weighted by atomic mass is 10.1. The maximum atomic E-state index is 12.0. The number of aliphatic hydroxyl groups excluding tert-OH is 1. The average molecular weight is 341 g/mol. The summed E-state index contributed by atoms with van der Waals surface area (Å²) in [7, 11) is 0. The van der Waals surface area contributed by atoms with Crippen molar-refractivity contribution in [2.24, 2.45) is 0 Å². The van der Waals surface area contributed by atoms with Gasteiger partial charge >= 0.3 is 0 Å². The molecule has 1 aromatic rings. The summed E-state index contributed by atoms with van der Waals surface area (Å²) in [4.78, 5) is 25.3. The highest BCUT2D eigenvalue weighted by Crippen LogP contribution is 2.34. The standard InChI is InChI=1S/C14H17BrN2O3/c1-8(2)16-6-9(18)7-17-11-5-3-4-10(15)12(11)13(19)14(17)20/h3-5,8-9,16,18H,6-7H2,1-2H3. The molecule has 0 saturated heterocycles.